The summed E-state index contributed by atoms with van der Waals surface area (Å²) in [6.07, 6.45) is 1.43. The third kappa shape index (κ3) is 6.12. The molecule has 0 saturated carbocycles. The van der Waals surface area contributed by atoms with Crippen molar-refractivity contribution in [3.63, 3.8) is 0 Å². The average molecular weight is 493 g/mol. The van der Waals surface area contributed by atoms with Gasteiger partial charge in [-0.3, -0.25) is 14.9 Å². The molecule has 2 N–H and O–H groups in total. The minimum atomic E-state index is -0.351. The summed E-state index contributed by atoms with van der Waals surface area (Å²) in [6, 6.07) is 10.6. The predicted octanol–water partition coefficient (Wildman–Crippen LogP) is 4.88. The Hall–Kier alpha value is -2.35. The number of rotatable bonds is 5. The molecule has 9 heteroatoms. The zero-order valence-electron chi connectivity index (χ0n) is 18.1. The lowest BCUT2D eigenvalue weighted by atomic mass is 10.1. The van der Waals surface area contributed by atoms with Crippen molar-refractivity contribution in [2.24, 2.45) is 0 Å². The van der Waals surface area contributed by atoms with E-state index >= 15 is 0 Å². The van der Waals surface area contributed by atoms with Crippen LogP contribution in [0, 0.1) is 6.92 Å². The van der Waals surface area contributed by atoms with Crippen LogP contribution in [0.3, 0.4) is 0 Å². The van der Waals surface area contributed by atoms with Gasteiger partial charge in [-0.25, -0.2) is 0 Å². The minimum absolute atomic E-state index is 0.159. The number of halogens is 2. The second kappa shape index (κ2) is 11.0. The van der Waals surface area contributed by atoms with Gasteiger partial charge < -0.3 is 15.1 Å². The van der Waals surface area contributed by atoms with Crippen molar-refractivity contribution in [2.45, 2.75) is 26.7 Å². The van der Waals surface area contributed by atoms with Gasteiger partial charge in [0.05, 0.1) is 11.4 Å². The van der Waals surface area contributed by atoms with Gasteiger partial charge in [0.2, 0.25) is 5.91 Å². The molecule has 2 aromatic rings. The monoisotopic (exact) mass is 492 g/mol. The molecular weight excluding hydrogens is 467 g/mol. The summed E-state index contributed by atoms with van der Waals surface area (Å²) in [5.74, 6) is -0.155. The first-order valence-electron chi connectivity index (χ1n) is 10.5. The number of carbonyl (C=O) groups is 2. The van der Waals surface area contributed by atoms with E-state index in [4.69, 9.17) is 35.4 Å². The maximum absolute atomic E-state index is 12.5. The number of piperazine rings is 1. The van der Waals surface area contributed by atoms with E-state index in [0.717, 1.165) is 17.7 Å². The van der Waals surface area contributed by atoms with Crippen LogP contribution in [0.1, 0.15) is 35.7 Å². The number of aryl methyl sites for hydroxylation is 1. The van der Waals surface area contributed by atoms with Gasteiger partial charge >= 0.3 is 0 Å². The van der Waals surface area contributed by atoms with E-state index in [1.165, 1.54) is 0 Å². The average Bonchev–Trinajstić information content (AvgIpc) is 2.76. The normalized spacial score (nSPS) is 13.6. The highest BCUT2D eigenvalue weighted by atomic mass is 35.5. The number of carbonyl (C=O) groups excluding carboxylic acids is 2. The van der Waals surface area contributed by atoms with E-state index in [0.29, 0.717) is 53.9 Å². The number of hydrogen-bond donors (Lipinski definition) is 2. The van der Waals surface area contributed by atoms with Crippen molar-refractivity contribution in [3.05, 3.63) is 57.6 Å². The van der Waals surface area contributed by atoms with Crippen molar-refractivity contribution in [3.8, 4) is 0 Å². The van der Waals surface area contributed by atoms with Crippen LogP contribution < -0.4 is 15.5 Å². The Kier molecular flexibility index (Phi) is 8.34. The van der Waals surface area contributed by atoms with Gasteiger partial charge in [-0.15, -0.1) is 0 Å². The van der Waals surface area contributed by atoms with Gasteiger partial charge in [0, 0.05) is 48.2 Å². The lowest BCUT2D eigenvalue weighted by molar-refractivity contribution is -0.131. The molecule has 1 aliphatic rings. The molecule has 1 saturated heterocycles. The van der Waals surface area contributed by atoms with Gasteiger partial charge in [0.1, 0.15) is 0 Å². The summed E-state index contributed by atoms with van der Waals surface area (Å²) >= 11 is 17.7. The van der Waals surface area contributed by atoms with Crippen LogP contribution in [-0.4, -0.2) is 48.0 Å². The standard InChI is InChI=1S/C23H26Cl2N4O2S/c1-3-4-21(30)29-11-9-28(10-12-29)20-8-7-17(24)14-19(20)26-23(32)27-22(31)16-6-5-15(2)18(25)13-16/h5-8,13-14H,3-4,9-12H2,1-2H3,(H2,26,27,31,32). The fourth-order valence-electron chi connectivity index (χ4n) is 3.52. The molecule has 2 aromatic carbocycles. The Balaban J connectivity index is 1.67. The van der Waals surface area contributed by atoms with Crippen molar-refractivity contribution < 1.29 is 9.59 Å². The predicted molar refractivity (Wildman–Crippen MR) is 135 cm³/mol. The van der Waals surface area contributed by atoms with Crippen molar-refractivity contribution >= 4 is 63.7 Å². The summed E-state index contributed by atoms with van der Waals surface area (Å²) in [5.41, 5.74) is 2.91. The third-order valence-corrected chi connectivity index (χ3v) is 6.15. The highest BCUT2D eigenvalue weighted by Gasteiger charge is 2.22. The number of anilines is 2. The van der Waals surface area contributed by atoms with Crippen molar-refractivity contribution in [1.29, 1.82) is 0 Å². The van der Waals surface area contributed by atoms with Crippen molar-refractivity contribution in [1.82, 2.24) is 10.2 Å². The first-order chi connectivity index (χ1) is 15.3. The smallest absolute Gasteiger partial charge is 0.257 e. The molecule has 0 aromatic heterocycles. The molecule has 170 valence electrons. The first-order valence-corrected chi connectivity index (χ1v) is 11.7. The largest absolute Gasteiger partial charge is 0.366 e. The van der Waals surface area contributed by atoms with Gasteiger partial charge in [-0.1, -0.05) is 36.2 Å². The Morgan fingerprint density at radius 1 is 1.06 bits per heavy atom. The summed E-state index contributed by atoms with van der Waals surface area (Å²) in [5, 5.41) is 7.00. The van der Waals surface area contributed by atoms with E-state index < -0.39 is 0 Å². The van der Waals surface area contributed by atoms with Crippen LogP contribution in [0.15, 0.2) is 36.4 Å². The van der Waals surface area contributed by atoms with E-state index in [9.17, 15) is 9.59 Å². The molecule has 0 spiro atoms. The molecule has 0 unspecified atom stereocenters. The fourth-order valence-corrected chi connectivity index (χ4v) is 4.07. The van der Waals surface area contributed by atoms with Crippen molar-refractivity contribution in [2.75, 3.05) is 36.4 Å². The van der Waals surface area contributed by atoms with Crippen LogP contribution >= 0.6 is 35.4 Å². The Morgan fingerprint density at radius 2 is 1.78 bits per heavy atom. The van der Waals surface area contributed by atoms with E-state index in [-0.39, 0.29) is 16.9 Å². The van der Waals surface area contributed by atoms with E-state index in [1.807, 2.05) is 30.9 Å². The Bertz CT molecular complexity index is 1020. The molecule has 0 aliphatic carbocycles. The van der Waals surface area contributed by atoms with Gasteiger partial charge in [-0.05, 0) is 61.5 Å². The summed E-state index contributed by atoms with van der Waals surface area (Å²) in [7, 11) is 0. The maximum atomic E-state index is 12.5. The number of benzene rings is 2. The number of thiocarbonyl (C=S) groups is 1. The SMILES string of the molecule is CCCC(=O)N1CCN(c2ccc(Cl)cc2NC(=S)NC(=O)c2ccc(C)c(Cl)c2)CC1. The molecule has 1 fully saturated rings. The maximum Gasteiger partial charge on any atom is 0.257 e. The Morgan fingerprint density at radius 3 is 2.44 bits per heavy atom. The molecule has 1 aliphatic heterocycles. The number of nitrogens with zero attached hydrogens (tertiary/aromatic N) is 2. The van der Waals surface area contributed by atoms with Crippen LogP contribution in [0.25, 0.3) is 0 Å². The molecule has 1 heterocycles. The lowest BCUT2D eigenvalue weighted by Crippen LogP contribution is -2.49. The molecule has 2 amide bonds. The first kappa shape index (κ1) is 24.3. The lowest BCUT2D eigenvalue weighted by Gasteiger charge is -2.37. The van der Waals surface area contributed by atoms with Crippen LogP contribution in [-0.2, 0) is 4.79 Å². The molecule has 0 radical (unpaired) electrons. The zero-order chi connectivity index (χ0) is 23.3. The second-order valence-electron chi connectivity index (χ2n) is 7.65. The van der Waals surface area contributed by atoms with E-state index in [1.54, 1.807) is 24.3 Å². The van der Waals surface area contributed by atoms with E-state index in [2.05, 4.69) is 15.5 Å². The van der Waals surface area contributed by atoms with Crippen LogP contribution in [0.5, 0.6) is 0 Å². The Labute approximate surface area is 203 Å². The van der Waals surface area contributed by atoms with Gasteiger partial charge in [0.25, 0.3) is 5.91 Å². The number of nitrogens with one attached hydrogen (secondary N) is 2. The third-order valence-electron chi connectivity index (χ3n) is 5.30. The summed E-state index contributed by atoms with van der Waals surface area (Å²) in [6.45, 7) is 6.61. The molecular formula is C23H26Cl2N4O2S. The summed E-state index contributed by atoms with van der Waals surface area (Å²) in [4.78, 5) is 28.8. The second-order valence-corrected chi connectivity index (χ2v) is 8.90. The number of amides is 2. The summed E-state index contributed by atoms with van der Waals surface area (Å²) < 4.78 is 0. The zero-order valence-corrected chi connectivity index (χ0v) is 20.4. The molecule has 3 rings (SSSR count). The topological polar surface area (TPSA) is 64.7 Å². The quantitative estimate of drug-likeness (QED) is 0.582. The fraction of sp³-hybridized carbons (Fsp3) is 0.348. The van der Waals surface area contributed by atoms with Crippen LogP contribution in [0.2, 0.25) is 10.0 Å². The van der Waals surface area contributed by atoms with Gasteiger partial charge in [0.15, 0.2) is 5.11 Å². The van der Waals surface area contributed by atoms with Crippen LogP contribution in [0.4, 0.5) is 11.4 Å². The highest BCUT2D eigenvalue weighted by molar-refractivity contribution is 7.80. The highest BCUT2D eigenvalue weighted by Crippen LogP contribution is 2.30. The molecule has 0 bridgehead atoms. The van der Waals surface area contributed by atoms with Gasteiger partial charge in [-0.2, -0.15) is 0 Å². The molecule has 32 heavy (non-hydrogen) atoms. The molecule has 6 nitrogen and oxygen atoms in total. The minimum Gasteiger partial charge on any atom is -0.366 e. The molecule has 0 atom stereocenters. The number of hydrogen-bond acceptors (Lipinski definition) is 4.